The Balaban J connectivity index is 2.19. The molecule has 0 aliphatic rings. The van der Waals surface area contributed by atoms with Crippen molar-refractivity contribution >= 4 is 17.2 Å². The quantitative estimate of drug-likeness (QED) is 0.910. The van der Waals surface area contributed by atoms with E-state index in [2.05, 4.69) is 15.3 Å². The maximum absolute atomic E-state index is 12.1. The van der Waals surface area contributed by atoms with E-state index in [1.54, 1.807) is 30.4 Å². The van der Waals surface area contributed by atoms with Crippen LogP contribution in [0.5, 0.6) is 0 Å². The predicted molar refractivity (Wildman–Crippen MR) is 79.3 cm³/mol. The van der Waals surface area contributed by atoms with E-state index in [9.17, 15) is 9.59 Å². The van der Waals surface area contributed by atoms with Crippen LogP contribution in [0.1, 0.15) is 44.6 Å². The largest absolute Gasteiger partial charge is 0.344 e. The van der Waals surface area contributed by atoms with Gasteiger partial charge in [0, 0.05) is 10.6 Å². The summed E-state index contributed by atoms with van der Waals surface area (Å²) >= 11 is 1.55. The Hall–Kier alpha value is -1.95. The Labute approximate surface area is 121 Å². The highest BCUT2D eigenvalue weighted by atomic mass is 32.1. The van der Waals surface area contributed by atoms with Crippen LogP contribution in [0.3, 0.4) is 0 Å². The molecule has 0 fully saturated rings. The molecule has 106 valence electrons. The summed E-state index contributed by atoms with van der Waals surface area (Å²) in [4.78, 5) is 31.9. The molecule has 0 spiro atoms. The van der Waals surface area contributed by atoms with Gasteiger partial charge in [0.25, 0.3) is 11.5 Å². The Morgan fingerprint density at radius 1 is 1.35 bits per heavy atom. The third-order valence-corrected chi connectivity index (χ3v) is 4.24. The summed E-state index contributed by atoms with van der Waals surface area (Å²) in [5.41, 5.74) is 1.40. The third kappa shape index (κ3) is 2.96. The molecule has 0 unspecified atom stereocenters. The third-order valence-electron chi connectivity index (χ3n) is 2.98. The molecule has 0 radical (unpaired) electrons. The first-order chi connectivity index (χ1) is 9.38. The van der Waals surface area contributed by atoms with E-state index in [0.29, 0.717) is 0 Å². The molecule has 5 nitrogen and oxygen atoms in total. The molecule has 2 aromatic rings. The van der Waals surface area contributed by atoms with Crippen molar-refractivity contribution in [3.8, 4) is 0 Å². The zero-order valence-corrected chi connectivity index (χ0v) is 12.7. The number of nitrogens with one attached hydrogen (secondary N) is 2. The number of carbonyl (C=O) groups is 1. The van der Waals surface area contributed by atoms with Gasteiger partial charge in [-0.2, -0.15) is 0 Å². The zero-order chi connectivity index (χ0) is 14.9. The van der Waals surface area contributed by atoms with Crippen LogP contribution in [0, 0.1) is 20.8 Å². The second-order valence-corrected chi connectivity index (χ2v) is 6.00. The van der Waals surface area contributed by atoms with Gasteiger partial charge in [-0.05, 0) is 39.8 Å². The summed E-state index contributed by atoms with van der Waals surface area (Å²) in [5.74, 6) is -0.371. The monoisotopic (exact) mass is 291 g/mol. The molecular formula is C14H17N3O2S. The summed E-state index contributed by atoms with van der Waals surface area (Å²) in [6.45, 7) is 7.51. The Kier molecular flexibility index (Phi) is 4.04. The number of aromatic nitrogens is 2. The molecule has 2 heterocycles. The van der Waals surface area contributed by atoms with E-state index in [1.165, 1.54) is 0 Å². The molecular weight excluding hydrogens is 274 g/mol. The second-order valence-electron chi connectivity index (χ2n) is 4.76. The maximum Gasteiger partial charge on any atom is 0.260 e. The standard InChI is InChI=1S/C14H17N3O2S/c1-7-5-6-11(13(18)15-7)14(19)17-9(3)12-8(2)16-10(4)20-12/h5-6,9H,1-4H3,(H,15,18)(H,17,19)/t9-/m0/s1. The number of rotatable bonds is 3. The van der Waals surface area contributed by atoms with E-state index in [4.69, 9.17) is 0 Å². The molecule has 0 aromatic carbocycles. The topological polar surface area (TPSA) is 74.8 Å². The van der Waals surface area contributed by atoms with Gasteiger partial charge in [0.05, 0.1) is 16.7 Å². The van der Waals surface area contributed by atoms with Crippen LogP contribution in [-0.2, 0) is 0 Å². The van der Waals surface area contributed by atoms with Gasteiger partial charge in [-0.25, -0.2) is 4.98 Å². The van der Waals surface area contributed by atoms with Gasteiger partial charge in [0.2, 0.25) is 0 Å². The molecule has 0 aliphatic carbocycles. The molecule has 20 heavy (non-hydrogen) atoms. The molecule has 2 rings (SSSR count). The molecule has 2 N–H and O–H groups in total. The SMILES string of the molecule is Cc1ccc(C(=O)N[C@@H](C)c2sc(C)nc2C)c(=O)[nH]1. The van der Waals surface area contributed by atoms with Crippen LogP contribution >= 0.6 is 11.3 Å². The number of pyridine rings is 1. The number of hydrogen-bond donors (Lipinski definition) is 2. The molecule has 0 saturated heterocycles. The summed E-state index contributed by atoms with van der Waals surface area (Å²) in [5, 5.41) is 3.80. The normalized spacial score (nSPS) is 12.2. The Morgan fingerprint density at radius 2 is 2.05 bits per heavy atom. The predicted octanol–water partition coefficient (Wildman–Crippen LogP) is 2.25. The van der Waals surface area contributed by atoms with Crippen LogP contribution in [0.2, 0.25) is 0 Å². The van der Waals surface area contributed by atoms with Crippen LogP contribution in [-0.4, -0.2) is 15.9 Å². The van der Waals surface area contributed by atoms with Crippen LogP contribution in [0.25, 0.3) is 0 Å². The number of H-pyrrole nitrogens is 1. The van der Waals surface area contributed by atoms with Crippen LogP contribution in [0.4, 0.5) is 0 Å². The number of nitrogens with zero attached hydrogens (tertiary/aromatic N) is 1. The highest BCUT2D eigenvalue weighted by molar-refractivity contribution is 7.11. The highest BCUT2D eigenvalue weighted by Gasteiger charge is 2.17. The van der Waals surface area contributed by atoms with Gasteiger partial charge in [0.1, 0.15) is 5.56 Å². The van der Waals surface area contributed by atoms with Crippen molar-refractivity contribution in [2.24, 2.45) is 0 Å². The summed E-state index contributed by atoms with van der Waals surface area (Å²) in [7, 11) is 0. The van der Waals surface area contributed by atoms with Crippen molar-refractivity contribution in [1.82, 2.24) is 15.3 Å². The van der Waals surface area contributed by atoms with Crippen molar-refractivity contribution in [3.63, 3.8) is 0 Å². The fourth-order valence-electron chi connectivity index (χ4n) is 2.04. The van der Waals surface area contributed by atoms with Crippen LogP contribution < -0.4 is 10.9 Å². The number of thiazole rings is 1. The number of amides is 1. The molecule has 2 aromatic heterocycles. The average molecular weight is 291 g/mol. The highest BCUT2D eigenvalue weighted by Crippen LogP contribution is 2.24. The average Bonchev–Trinajstić information content (AvgIpc) is 2.68. The van der Waals surface area contributed by atoms with Crippen LogP contribution in [0.15, 0.2) is 16.9 Å². The van der Waals surface area contributed by atoms with Gasteiger partial charge >= 0.3 is 0 Å². The van der Waals surface area contributed by atoms with Crippen molar-refractivity contribution in [2.75, 3.05) is 0 Å². The zero-order valence-electron chi connectivity index (χ0n) is 11.9. The fourth-order valence-corrected chi connectivity index (χ4v) is 2.97. The van der Waals surface area contributed by atoms with Crippen molar-refractivity contribution in [3.05, 3.63) is 49.3 Å². The lowest BCUT2D eigenvalue weighted by Gasteiger charge is -2.12. The number of hydrogen-bond acceptors (Lipinski definition) is 4. The molecule has 1 amide bonds. The van der Waals surface area contributed by atoms with Gasteiger partial charge in [0.15, 0.2) is 0 Å². The van der Waals surface area contributed by atoms with Gasteiger partial charge in [-0.1, -0.05) is 0 Å². The second kappa shape index (κ2) is 5.58. The van der Waals surface area contributed by atoms with E-state index in [0.717, 1.165) is 21.3 Å². The minimum Gasteiger partial charge on any atom is -0.344 e. The smallest absolute Gasteiger partial charge is 0.260 e. The van der Waals surface area contributed by atoms with E-state index >= 15 is 0 Å². The molecule has 0 bridgehead atoms. The lowest BCUT2D eigenvalue weighted by molar-refractivity contribution is 0.0939. The van der Waals surface area contributed by atoms with E-state index in [1.807, 2.05) is 20.8 Å². The molecule has 6 heteroatoms. The lowest BCUT2D eigenvalue weighted by Crippen LogP contribution is -2.31. The van der Waals surface area contributed by atoms with Crippen molar-refractivity contribution in [2.45, 2.75) is 33.7 Å². The minimum absolute atomic E-state index is 0.126. The number of aryl methyl sites for hydroxylation is 3. The van der Waals surface area contributed by atoms with Crippen molar-refractivity contribution < 1.29 is 4.79 Å². The van der Waals surface area contributed by atoms with E-state index < -0.39 is 0 Å². The number of carbonyl (C=O) groups excluding carboxylic acids is 1. The first-order valence-electron chi connectivity index (χ1n) is 6.33. The molecule has 1 atom stereocenters. The van der Waals surface area contributed by atoms with E-state index in [-0.39, 0.29) is 23.1 Å². The number of aromatic amines is 1. The summed E-state index contributed by atoms with van der Waals surface area (Å²) in [6, 6.07) is 3.08. The minimum atomic E-state index is -0.371. The van der Waals surface area contributed by atoms with Gasteiger partial charge < -0.3 is 10.3 Å². The lowest BCUT2D eigenvalue weighted by atomic mass is 10.2. The Bertz CT molecular complexity index is 703. The Morgan fingerprint density at radius 3 is 2.60 bits per heavy atom. The first-order valence-corrected chi connectivity index (χ1v) is 7.15. The molecule has 0 saturated carbocycles. The maximum atomic E-state index is 12.1. The first kappa shape index (κ1) is 14.5. The summed E-state index contributed by atoms with van der Waals surface area (Å²) < 4.78 is 0. The van der Waals surface area contributed by atoms with Crippen molar-refractivity contribution in [1.29, 1.82) is 0 Å². The fraction of sp³-hybridized carbons (Fsp3) is 0.357. The molecule has 0 aliphatic heterocycles. The summed E-state index contributed by atoms with van der Waals surface area (Å²) in [6.07, 6.45) is 0. The van der Waals surface area contributed by atoms with Gasteiger partial charge in [-0.3, -0.25) is 9.59 Å². The van der Waals surface area contributed by atoms with Gasteiger partial charge in [-0.15, -0.1) is 11.3 Å².